The van der Waals surface area contributed by atoms with Crippen LogP contribution in [-0.4, -0.2) is 17.3 Å². The molecule has 0 radical (unpaired) electrons. The number of carbonyl (C=O) groups is 1. The van der Waals surface area contributed by atoms with Crippen LogP contribution in [0, 0.1) is 0 Å². The molecule has 0 fully saturated rings. The highest BCUT2D eigenvalue weighted by molar-refractivity contribution is 5.84. The number of amides is 1. The molecule has 0 aromatic heterocycles. The van der Waals surface area contributed by atoms with Gasteiger partial charge in [0.25, 0.3) is 0 Å². The second-order valence-corrected chi connectivity index (χ2v) is 3.43. The molecule has 1 aromatic carbocycles. The Morgan fingerprint density at radius 1 is 1.40 bits per heavy atom. The number of benzene rings is 1. The summed E-state index contributed by atoms with van der Waals surface area (Å²) in [6.45, 7) is 3.57. The Morgan fingerprint density at radius 3 is 2.47 bits per heavy atom. The molecule has 0 atom stereocenters. The standard InChI is InChI=1S/C11H15NO3/c1-8(2)15-11(14)12-10-5-3-9(7-13)4-6-10/h3-6,8,13H,7H2,1-2H3,(H,12,14). The Balaban J connectivity index is 2.53. The van der Waals surface area contributed by atoms with E-state index in [-0.39, 0.29) is 12.7 Å². The van der Waals surface area contributed by atoms with Gasteiger partial charge >= 0.3 is 6.09 Å². The molecule has 0 heterocycles. The average Bonchev–Trinajstić information content (AvgIpc) is 2.17. The van der Waals surface area contributed by atoms with Crippen molar-refractivity contribution in [2.24, 2.45) is 0 Å². The zero-order valence-corrected chi connectivity index (χ0v) is 8.86. The quantitative estimate of drug-likeness (QED) is 0.801. The van der Waals surface area contributed by atoms with Crippen LogP contribution in [-0.2, 0) is 11.3 Å². The second-order valence-electron chi connectivity index (χ2n) is 3.43. The van der Waals surface area contributed by atoms with Crippen LogP contribution in [0.4, 0.5) is 10.5 Å². The highest BCUT2D eigenvalue weighted by Crippen LogP contribution is 2.10. The lowest BCUT2D eigenvalue weighted by Crippen LogP contribution is -2.17. The minimum atomic E-state index is -0.471. The van der Waals surface area contributed by atoms with Crippen LogP contribution in [0.1, 0.15) is 19.4 Å². The molecule has 0 saturated carbocycles. The number of carbonyl (C=O) groups excluding carboxylic acids is 1. The van der Waals surface area contributed by atoms with Gasteiger partial charge in [-0.1, -0.05) is 12.1 Å². The van der Waals surface area contributed by atoms with Gasteiger partial charge in [0.1, 0.15) is 0 Å². The summed E-state index contributed by atoms with van der Waals surface area (Å²) in [4.78, 5) is 11.2. The van der Waals surface area contributed by atoms with Crippen molar-refractivity contribution in [3.05, 3.63) is 29.8 Å². The van der Waals surface area contributed by atoms with Crippen LogP contribution in [0.2, 0.25) is 0 Å². The SMILES string of the molecule is CC(C)OC(=O)Nc1ccc(CO)cc1. The molecule has 0 bridgehead atoms. The Morgan fingerprint density at radius 2 is 2.00 bits per heavy atom. The maximum Gasteiger partial charge on any atom is 0.411 e. The Hall–Kier alpha value is -1.55. The van der Waals surface area contributed by atoms with Crippen molar-refractivity contribution in [1.82, 2.24) is 0 Å². The van der Waals surface area contributed by atoms with Crippen molar-refractivity contribution in [2.75, 3.05) is 5.32 Å². The zero-order valence-electron chi connectivity index (χ0n) is 8.86. The van der Waals surface area contributed by atoms with E-state index in [4.69, 9.17) is 9.84 Å². The van der Waals surface area contributed by atoms with E-state index in [9.17, 15) is 4.79 Å². The smallest absolute Gasteiger partial charge is 0.411 e. The lowest BCUT2D eigenvalue weighted by Gasteiger charge is -2.09. The van der Waals surface area contributed by atoms with Crippen molar-refractivity contribution >= 4 is 11.8 Å². The van der Waals surface area contributed by atoms with Crippen LogP contribution in [0.5, 0.6) is 0 Å². The van der Waals surface area contributed by atoms with Gasteiger partial charge in [0.05, 0.1) is 12.7 Å². The zero-order chi connectivity index (χ0) is 11.3. The van der Waals surface area contributed by atoms with E-state index in [1.807, 2.05) is 0 Å². The molecule has 0 aliphatic carbocycles. The van der Waals surface area contributed by atoms with E-state index < -0.39 is 6.09 Å². The minimum absolute atomic E-state index is 0.00325. The lowest BCUT2D eigenvalue weighted by molar-refractivity contribution is 0.130. The van der Waals surface area contributed by atoms with Crippen molar-refractivity contribution in [2.45, 2.75) is 26.6 Å². The van der Waals surface area contributed by atoms with Gasteiger partial charge in [0, 0.05) is 5.69 Å². The van der Waals surface area contributed by atoms with Crippen molar-refractivity contribution in [3.63, 3.8) is 0 Å². The molecule has 0 spiro atoms. The Labute approximate surface area is 88.9 Å². The van der Waals surface area contributed by atoms with Crippen LogP contribution in [0.25, 0.3) is 0 Å². The first-order valence-electron chi connectivity index (χ1n) is 4.79. The number of aliphatic hydroxyl groups excluding tert-OH is 1. The minimum Gasteiger partial charge on any atom is -0.447 e. The number of anilines is 1. The summed E-state index contributed by atoms with van der Waals surface area (Å²) in [7, 11) is 0. The fourth-order valence-corrected chi connectivity index (χ4v) is 1.05. The molecule has 4 heteroatoms. The average molecular weight is 209 g/mol. The van der Waals surface area contributed by atoms with E-state index in [1.54, 1.807) is 38.1 Å². The molecule has 1 rings (SSSR count). The summed E-state index contributed by atoms with van der Waals surface area (Å²) in [5.74, 6) is 0. The second kappa shape index (κ2) is 5.36. The van der Waals surface area contributed by atoms with Crippen LogP contribution >= 0.6 is 0 Å². The normalized spacial score (nSPS) is 10.1. The fraction of sp³-hybridized carbons (Fsp3) is 0.364. The third-order valence-electron chi connectivity index (χ3n) is 1.73. The van der Waals surface area contributed by atoms with E-state index in [0.717, 1.165) is 5.56 Å². The molecule has 0 aliphatic heterocycles. The van der Waals surface area contributed by atoms with Crippen LogP contribution in [0.15, 0.2) is 24.3 Å². The van der Waals surface area contributed by atoms with Crippen LogP contribution in [0.3, 0.4) is 0 Å². The maximum atomic E-state index is 11.2. The van der Waals surface area contributed by atoms with E-state index in [1.165, 1.54) is 0 Å². The summed E-state index contributed by atoms with van der Waals surface area (Å²) in [5.41, 5.74) is 1.45. The summed E-state index contributed by atoms with van der Waals surface area (Å²) < 4.78 is 4.91. The van der Waals surface area contributed by atoms with Gasteiger partial charge in [-0.2, -0.15) is 0 Å². The third kappa shape index (κ3) is 3.99. The molecule has 4 nitrogen and oxygen atoms in total. The molecule has 0 aliphatic rings. The van der Waals surface area contributed by atoms with Gasteiger partial charge < -0.3 is 9.84 Å². The van der Waals surface area contributed by atoms with Gasteiger partial charge in [0.2, 0.25) is 0 Å². The molecule has 82 valence electrons. The predicted molar refractivity (Wildman–Crippen MR) is 57.6 cm³/mol. The maximum absolute atomic E-state index is 11.2. The number of hydrogen-bond donors (Lipinski definition) is 2. The number of ether oxygens (including phenoxy) is 1. The summed E-state index contributed by atoms with van der Waals surface area (Å²) >= 11 is 0. The highest BCUT2D eigenvalue weighted by atomic mass is 16.6. The van der Waals surface area contributed by atoms with E-state index in [0.29, 0.717) is 5.69 Å². The van der Waals surface area contributed by atoms with Gasteiger partial charge in [-0.15, -0.1) is 0 Å². The van der Waals surface area contributed by atoms with Gasteiger partial charge in [0.15, 0.2) is 0 Å². The van der Waals surface area contributed by atoms with Gasteiger partial charge in [-0.05, 0) is 31.5 Å². The third-order valence-corrected chi connectivity index (χ3v) is 1.73. The first-order valence-corrected chi connectivity index (χ1v) is 4.79. The molecular formula is C11H15NO3. The summed E-state index contributed by atoms with van der Waals surface area (Å²) in [6, 6.07) is 6.91. The molecule has 0 unspecified atom stereocenters. The fourth-order valence-electron chi connectivity index (χ4n) is 1.05. The number of hydrogen-bond acceptors (Lipinski definition) is 3. The van der Waals surface area contributed by atoms with Gasteiger partial charge in [-0.3, -0.25) is 5.32 Å². The highest BCUT2D eigenvalue weighted by Gasteiger charge is 2.04. The largest absolute Gasteiger partial charge is 0.447 e. The number of nitrogens with one attached hydrogen (secondary N) is 1. The number of rotatable bonds is 3. The molecular weight excluding hydrogens is 194 g/mol. The van der Waals surface area contributed by atoms with Crippen LogP contribution < -0.4 is 5.32 Å². The molecule has 0 saturated heterocycles. The van der Waals surface area contributed by atoms with E-state index >= 15 is 0 Å². The number of aliphatic hydroxyl groups is 1. The monoisotopic (exact) mass is 209 g/mol. The summed E-state index contributed by atoms with van der Waals surface area (Å²) in [5, 5.41) is 11.4. The van der Waals surface area contributed by atoms with E-state index in [2.05, 4.69) is 5.32 Å². The molecule has 1 amide bonds. The molecule has 2 N–H and O–H groups in total. The van der Waals surface area contributed by atoms with Crippen molar-refractivity contribution in [1.29, 1.82) is 0 Å². The molecule has 1 aromatic rings. The first kappa shape index (κ1) is 11.5. The lowest BCUT2D eigenvalue weighted by atomic mass is 10.2. The van der Waals surface area contributed by atoms with Gasteiger partial charge in [-0.25, -0.2) is 4.79 Å². The summed E-state index contributed by atoms with van der Waals surface area (Å²) in [6.07, 6.45) is -0.608. The first-order chi connectivity index (χ1) is 7.11. The topological polar surface area (TPSA) is 58.6 Å². The molecule has 15 heavy (non-hydrogen) atoms. The van der Waals surface area contributed by atoms with Crippen molar-refractivity contribution in [3.8, 4) is 0 Å². The predicted octanol–water partition coefficient (Wildman–Crippen LogP) is 2.14. The Kier molecular flexibility index (Phi) is 4.12. The Bertz CT molecular complexity index is 319. The van der Waals surface area contributed by atoms with Crippen molar-refractivity contribution < 1.29 is 14.6 Å².